The van der Waals surface area contributed by atoms with Gasteiger partial charge in [-0.1, -0.05) is 6.92 Å². The molecule has 0 radical (unpaired) electrons. The van der Waals surface area contributed by atoms with Gasteiger partial charge in [0.25, 0.3) is 5.56 Å². The Balaban J connectivity index is 2.65. The molecule has 0 bridgehead atoms. The summed E-state index contributed by atoms with van der Waals surface area (Å²) in [5.41, 5.74) is 0.897. The van der Waals surface area contributed by atoms with Crippen molar-refractivity contribution < 1.29 is 0 Å². The molecule has 1 rings (SSSR count). The van der Waals surface area contributed by atoms with Crippen LogP contribution in [0.2, 0.25) is 0 Å². The van der Waals surface area contributed by atoms with E-state index in [9.17, 15) is 4.79 Å². The fourth-order valence-electron chi connectivity index (χ4n) is 1.80. The zero-order chi connectivity index (χ0) is 14.5. The minimum atomic E-state index is -0.0452. The molecular formula is C14H26N4O. The highest BCUT2D eigenvalue weighted by Crippen LogP contribution is 2.06. The second kappa shape index (κ2) is 6.70. The molecule has 0 spiro atoms. The van der Waals surface area contributed by atoms with E-state index in [1.54, 1.807) is 12.3 Å². The van der Waals surface area contributed by atoms with Crippen LogP contribution in [0.25, 0.3) is 0 Å². The van der Waals surface area contributed by atoms with Gasteiger partial charge in [-0.2, -0.15) is 5.10 Å². The van der Waals surface area contributed by atoms with Gasteiger partial charge in [0.05, 0.1) is 18.4 Å². The lowest BCUT2D eigenvalue weighted by molar-refractivity contribution is 0.401. The standard InChI is InChI=1S/C14H26N4O/c1-6-8-17(5)12-10-13(19)18(16-11-12)9-7-15-14(2,3)4/h10-11,15H,6-9H2,1-5H3. The van der Waals surface area contributed by atoms with Gasteiger partial charge in [-0.3, -0.25) is 4.79 Å². The van der Waals surface area contributed by atoms with Crippen LogP contribution in [-0.2, 0) is 6.54 Å². The Morgan fingerprint density at radius 3 is 2.63 bits per heavy atom. The molecule has 5 nitrogen and oxygen atoms in total. The van der Waals surface area contributed by atoms with Crippen LogP contribution in [0.3, 0.4) is 0 Å². The Hall–Kier alpha value is -1.36. The minimum absolute atomic E-state index is 0.0452. The highest BCUT2D eigenvalue weighted by Gasteiger charge is 2.09. The number of anilines is 1. The second-order valence-electron chi connectivity index (χ2n) is 5.87. The normalized spacial score (nSPS) is 11.6. The molecule has 0 aliphatic heterocycles. The summed E-state index contributed by atoms with van der Waals surface area (Å²) in [5, 5.41) is 7.57. The van der Waals surface area contributed by atoms with Crippen molar-refractivity contribution >= 4 is 5.69 Å². The molecule has 19 heavy (non-hydrogen) atoms. The van der Waals surface area contributed by atoms with Gasteiger partial charge in [-0.15, -0.1) is 0 Å². The molecule has 0 fully saturated rings. The second-order valence-corrected chi connectivity index (χ2v) is 5.87. The first-order valence-electron chi connectivity index (χ1n) is 6.87. The monoisotopic (exact) mass is 266 g/mol. The zero-order valence-electron chi connectivity index (χ0n) is 12.7. The predicted octanol–water partition coefficient (Wildman–Crippen LogP) is 1.48. The Labute approximate surface area is 115 Å². The zero-order valence-corrected chi connectivity index (χ0v) is 12.7. The van der Waals surface area contributed by atoms with Crippen LogP contribution in [0.5, 0.6) is 0 Å². The van der Waals surface area contributed by atoms with Crippen LogP contribution in [-0.4, -0.2) is 35.5 Å². The third-order valence-corrected chi connectivity index (χ3v) is 2.83. The summed E-state index contributed by atoms with van der Waals surface area (Å²) in [6, 6.07) is 1.65. The molecule has 0 saturated carbocycles. The summed E-state index contributed by atoms with van der Waals surface area (Å²) in [5.74, 6) is 0. The largest absolute Gasteiger partial charge is 0.373 e. The van der Waals surface area contributed by atoms with Gasteiger partial charge in [-0.25, -0.2) is 4.68 Å². The molecule has 0 aliphatic carbocycles. The van der Waals surface area contributed by atoms with Crippen molar-refractivity contribution in [2.24, 2.45) is 0 Å². The van der Waals surface area contributed by atoms with E-state index in [4.69, 9.17) is 0 Å². The topological polar surface area (TPSA) is 50.2 Å². The van der Waals surface area contributed by atoms with Crippen LogP contribution < -0.4 is 15.8 Å². The molecule has 5 heteroatoms. The first kappa shape index (κ1) is 15.7. The lowest BCUT2D eigenvalue weighted by Gasteiger charge is -2.21. The van der Waals surface area contributed by atoms with Crippen LogP contribution in [0.1, 0.15) is 34.1 Å². The van der Waals surface area contributed by atoms with Gasteiger partial charge in [0.15, 0.2) is 0 Å². The highest BCUT2D eigenvalue weighted by atomic mass is 16.1. The molecule has 0 aliphatic rings. The average molecular weight is 266 g/mol. The van der Waals surface area contributed by atoms with E-state index >= 15 is 0 Å². The van der Waals surface area contributed by atoms with Crippen molar-refractivity contribution in [3.8, 4) is 0 Å². The quantitative estimate of drug-likeness (QED) is 0.847. The third-order valence-electron chi connectivity index (χ3n) is 2.83. The number of nitrogens with one attached hydrogen (secondary N) is 1. The van der Waals surface area contributed by atoms with E-state index in [1.165, 1.54) is 4.68 Å². The molecule has 0 atom stereocenters. The lowest BCUT2D eigenvalue weighted by atomic mass is 10.1. The van der Waals surface area contributed by atoms with Gasteiger partial charge in [0, 0.05) is 31.7 Å². The molecule has 0 saturated heterocycles. The Morgan fingerprint density at radius 1 is 1.42 bits per heavy atom. The maximum absolute atomic E-state index is 12.0. The van der Waals surface area contributed by atoms with Gasteiger partial charge < -0.3 is 10.2 Å². The molecular weight excluding hydrogens is 240 g/mol. The van der Waals surface area contributed by atoms with Gasteiger partial charge >= 0.3 is 0 Å². The van der Waals surface area contributed by atoms with Crippen molar-refractivity contribution in [1.29, 1.82) is 0 Å². The summed E-state index contributed by atoms with van der Waals surface area (Å²) in [6.45, 7) is 10.7. The molecule has 0 aromatic carbocycles. The lowest BCUT2D eigenvalue weighted by Crippen LogP contribution is -2.39. The summed E-state index contributed by atoms with van der Waals surface area (Å²) < 4.78 is 1.50. The van der Waals surface area contributed by atoms with Crippen LogP contribution >= 0.6 is 0 Å². The Kier molecular flexibility index (Phi) is 5.54. The summed E-state index contributed by atoms with van der Waals surface area (Å²) in [4.78, 5) is 14.0. The van der Waals surface area contributed by atoms with Crippen molar-refractivity contribution in [3.05, 3.63) is 22.6 Å². The number of nitrogens with zero attached hydrogens (tertiary/aromatic N) is 3. The SMILES string of the molecule is CCCN(C)c1cnn(CCNC(C)(C)C)c(=O)c1. The smallest absolute Gasteiger partial charge is 0.268 e. The average Bonchev–Trinajstić information content (AvgIpc) is 2.30. The molecule has 1 aromatic rings. The van der Waals surface area contributed by atoms with E-state index in [0.29, 0.717) is 6.54 Å². The third kappa shape index (κ3) is 5.42. The number of rotatable bonds is 6. The summed E-state index contributed by atoms with van der Waals surface area (Å²) >= 11 is 0. The molecule has 0 amide bonds. The molecule has 0 unspecified atom stereocenters. The molecule has 108 valence electrons. The van der Waals surface area contributed by atoms with Gasteiger partial charge in [0.2, 0.25) is 0 Å². The predicted molar refractivity (Wildman–Crippen MR) is 79.8 cm³/mol. The van der Waals surface area contributed by atoms with E-state index in [1.807, 2.05) is 11.9 Å². The fourth-order valence-corrected chi connectivity index (χ4v) is 1.80. The first-order valence-corrected chi connectivity index (χ1v) is 6.87. The highest BCUT2D eigenvalue weighted by molar-refractivity contribution is 5.41. The summed E-state index contributed by atoms with van der Waals surface area (Å²) in [7, 11) is 1.98. The van der Waals surface area contributed by atoms with Crippen molar-refractivity contribution in [1.82, 2.24) is 15.1 Å². The van der Waals surface area contributed by atoms with Gasteiger partial charge in [-0.05, 0) is 27.2 Å². The number of aromatic nitrogens is 2. The van der Waals surface area contributed by atoms with E-state index < -0.39 is 0 Å². The molecule has 1 heterocycles. The minimum Gasteiger partial charge on any atom is -0.373 e. The summed E-state index contributed by atoms with van der Waals surface area (Å²) in [6.07, 6.45) is 2.81. The van der Waals surface area contributed by atoms with E-state index in [2.05, 4.69) is 38.1 Å². The van der Waals surface area contributed by atoms with Crippen LogP contribution in [0.15, 0.2) is 17.1 Å². The number of hydrogen-bond acceptors (Lipinski definition) is 4. The van der Waals surface area contributed by atoms with Crippen molar-refractivity contribution in [3.63, 3.8) is 0 Å². The fraction of sp³-hybridized carbons (Fsp3) is 0.714. The van der Waals surface area contributed by atoms with Gasteiger partial charge in [0.1, 0.15) is 0 Å². The van der Waals surface area contributed by atoms with Crippen LogP contribution in [0, 0.1) is 0 Å². The molecule has 1 aromatic heterocycles. The first-order chi connectivity index (χ1) is 8.83. The Morgan fingerprint density at radius 2 is 2.11 bits per heavy atom. The Bertz CT molecular complexity index is 447. The van der Waals surface area contributed by atoms with E-state index in [-0.39, 0.29) is 11.1 Å². The van der Waals surface area contributed by atoms with Crippen molar-refractivity contribution in [2.75, 3.05) is 25.0 Å². The maximum Gasteiger partial charge on any atom is 0.268 e. The van der Waals surface area contributed by atoms with E-state index in [0.717, 1.165) is 25.2 Å². The van der Waals surface area contributed by atoms with Crippen LogP contribution in [0.4, 0.5) is 5.69 Å². The number of hydrogen-bond donors (Lipinski definition) is 1. The van der Waals surface area contributed by atoms with Crippen molar-refractivity contribution in [2.45, 2.75) is 46.2 Å². The maximum atomic E-state index is 12.0. The molecule has 1 N–H and O–H groups in total.